The van der Waals surface area contributed by atoms with Crippen molar-refractivity contribution in [3.05, 3.63) is 35.3 Å². The highest BCUT2D eigenvalue weighted by molar-refractivity contribution is 5.94. The van der Waals surface area contributed by atoms with Crippen molar-refractivity contribution in [2.45, 2.75) is 26.2 Å². The van der Waals surface area contributed by atoms with Crippen molar-refractivity contribution in [3.8, 4) is 11.5 Å². The minimum atomic E-state index is -4.66. The normalized spacial score (nSPS) is 14.5. The van der Waals surface area contributed by atoms with E-state index in [0.29, 0.717) is 23.9 Å². The second-order valence-electron chi connectivity index (χ2n) is 6.31. The van der Waals surface area contributed by atoms with E-state index in [1.165, 1.54) is 11.8 Å². The predicted octanol–water partition coefficient (Wildman–Crippen LogP) is 1.38. The van der Waals surface area contributed by atoms with E-state index in [1.807, 2.05) is 11.6 Å². The van der Waals surface area contributed by atoms with Crippen LogP contribution in [0.5, 0.6) is 0 Å². The Morgan fingerprint density at radius 3 is 2.70 bits per heavy atom. The number of rotatable bonds is 2. The fourth-order valence-electron chi connectivity index (χ4n) is 3.13. The van der Waals surface area contributed by atoms with Gasteiger partial charge in [0, 0.05) is 32.0 Å². The fraction of sp³-hybridized carbons (Fsp3) is 0.400. The molecule has 0 unspecified atom stereocenters. The molecule has 0 spiro atoms. The smallest absolute Gasteiger partial charge is 0.340 e. The molecule has 0 saturated carbocycles. The second-order valence-corrected chi connectivity index (χ2v) is 6.31. The van der Waals surface area contributed by atoms with Gasteiger partial charge >= 0.3 is 6.18 Å². The standard InChI is InChI=1S/C15H15F3N8O/c1-8-11(15(16,17)18)12(22-20-8)14(27)25-3-4-26-10(6-25)21-23-13(26)9-5-24(2)7-19-9/h5,7H,3-4,6H2,1-2H3,(H,20,22). The molecule has 1 aliphatic rings. The molecule has 0 aliphatic carbocycles. The van der Waals surface area contributed by atoms with Crippen molar-refractivity contribution in [1.29, 1.82) is 0 Å². The van der Waals surface area contributed by atoms with Crippen molar-refractivity contribution in [3.63, 3.8) is 0 Å². The molecule has 9 nitrogen and oxygen atoms in total. The van der Waals surface area contributed by atoms with E-state index >= 15 is 0 Å². The number of halogens is 3. The maximum Gasteiger partial charge on any atom is 0.420 e. The van der Waals surface area contributed by atoms with E-state index in [2.05, 4.69) is 25.4 Å². The van der Waals surface area contributed by atoms with Crippen LogP contribution < -0.4 is 0 Å². The highest BCUT2D eigenvalue weighted by Gasteiger charge is 2.41. The molecule has 27 heavy (non-hydrogen) atoms. The number of amides is 1. The summed E-state index contributed by atoms with van der Waals surface area (Å²) in [7, 11) is 1.83. The maximum atomic E-state index is 13.2. The van der Waals surface area contributed by atoms with Crippen LogP contribution in [0.3, 0.4) is 0 Å². The van der Waals surface area contributed by atoms with E-state index in [4.69, 9.17) is 0 Å². The van der Waals surface area contributed by atoms with Gasteiger partial charge in [-0.15, -0.1) is 10.2 Å². The molecule has 3 aromatic rings. The number of alkyl halides is 3. The van der Waals surface area contributed by atoms with Gasteiger partial charge in [-0.2, -0.15) is 18.3 Å². The van der Waals surface area contributed by atoms with E-state index < -0.39 is 23.3 Å². The van der Waals surface area contributed by atoms with Crippen LogP contribution in [-0.4, -0.2) is 51.9 Å². The number of nitrogens with zero attached hydrogens (tertiary/aromatic N) is 7. The first kappa shape index (κ1) is 17.2. The zero-order valence-corrected chi connectivity index (χ0v) is 14.4. The Morgan fingerprint density at radius 2 is 2.04 bits per heavy atom. The molecular weight excluding hydrogens is 365 g/mol. The number of aromatic amines is 1. The molecule has 1 amide bonds. The molecular formula is C15H15F3N8O. The number of carbonyl (C=O) groups excluding carboxylic acids is 1. The number of hydrogen-bond acceptors (Lipinski definition) is 5. The summed E-state index contributed by atoms with van der Waals surface area (Å²) in [6, 6.07) is 0. The molecule has 12 heteroatoms. The molecule has 0 radical (unpaired) electrons. The van der Waals surface area contributed by atoms with Crippen molar-refractivity contribution in [2.75, 3.05) is 6.54 Å². The van der Waals surface area contributed by atoms with Crippen LogP contribution in [0.2, 0.25) is 0 Å². The van der Waals surface area contributed by atoms with E-state index in [1.54, 1.807) is 17.1 Å². The summed E-state index contributed by atoms with van der Waals surface area (Å²) in [5.41, 5.74) is -1.21. The Labute approximate surface area is 150 Å². The molecule has 4 rings (SSSR count). The largest absolute Gasteiger partial charge is 0.420 e. The first-order valence-corrected chi connectivity index (χ1v) is 8.07. The summed E-state index contributed by atoms with van der Waals surface area (Å²) >= 11 is 0. The zero-order valence-electron chi connectivity index (χ0n) is 14.4. The van der Waals surface area contributed by atoms with E-state index in [9.17, 15) is 18.0 Å². The molecule has 3 aromatic heterocycles. The number of imidazole rings is 1. The van der Waals surface area contributed by atoms with Crippen LogP contribution in [0, 0.1) is 6.92 Å². The lowest BCUT2D eigenvalue weighted by Crippen LogP contribution is -2.39. The quantitative estimate of drug-likeness (QED) is 0.725. The molecule has 1 aliphatic heterocycles. The second kappa shape index (κ2) is 5.93. The lowest BCUT2D eigenvalue weighted by atomic mass is 10.1. The summed E-state index contributed by atoms with van der Waals surface area (Å²) in [4.78, 5) is 18.2. The number of hydrogen-bond donors (Lipinski definition) is 1. The van der Waals surface area contributed by atoms with E-state index in [-0.39, 0.29) is 18.8 Å². The Hall–Kier alpha value is -3.18. The van der Waals surface area contributed by atoms with E-state index in [0.717, 1.165) is 0 Å². The Balaban J connectivity index is 1.61. The molecule has 4 heterocycles. The highest BCUT2D eigenvalue weighted by Crippen LogP contribution is 2.34. The number of nitrogens with one attached hydrogen (secondary N) is 1. The molecule has 0 aromatic carbocycles. The third-order valence-corrected chi connectivity index (χ3v) is 4.41. The van der Waals surface area contributed by atoms with Crippen LogP contribution in [0.15, 0.2) is 12.5 Å². The number of aryl methyl sites for hydroxylation is 2. The van der Waals surface area contributed by atoms with Gasteiger partial charge in [0.1, 0.15) is 11.3 Å². The van der Waals surface area contributed by atoms with Gasteiger partial charge in [-0.1, -0.05) is 0 Å². The minimum absolute atomic E-state index is 0.0435. The highest BCUT2D eigenvalue weighted by atomic mass is 19.4. The summed E-state index contributed by atoms with van der Waals surface area (Å²) in [6.07, 6.45) is -1.24. The van der Waals surface area contributed by atoms with Gasteiger partial charge in [0.2, 0.25) is 0 Å². The fourth-order valence-corrected chi connectivity index (χ4v) is 3.13. The Bertz CT molecular complexity index is 1010. The third kappa shape index (κ3) is 2.86. The van der Waals surface area contributed by atoms with Gasteiger partial charge in [-0.25, -0.2) is 4.98 Å². The molecule has 142 valence electrons. The summed E-state index contributed by atoms with van der Waals surface area (Å²) in [5, 5.41) is 14.0. The van der Waals surface area contributed by atoms with Crippen LogP contribution in [0.25, 0.3) is 11.5 Å². The SMILES string of the molecule is Cc1[nH]nc(C(=O)N2CCn3c(nnc3-c3cn(C)cn3)C2)c1C(F)(F)F. The van der Waals surface area contributed by atoms with Gasteiger partial charge in [0.25, 0.3) is 5.91 Å². The van der Waals surface area contributed by atoms with Crippen molar-refractivity contribution < 1.29 is 18.0 Å². The number of carbonyl (C=O) groups is 1. The van der Waals surface area contributed by atoms with Gasteiger partial charge in [0.15, 0.2) is 17.3 Å². The number of H-pyrrole nitrogens is 1. The summed E-state index contributed by atoms with van der Waals surface area (Å²) in [5.74, 6) is 0.251. The number of fused-ring (bicyclic) bond motifs is 1. The first-order valence-electron chi connectivity index (χ1n) is 8.07. The predicted molar refractivity (Wildman–Crippen MR) is 85.3 cm³/mol. The number of aromatic nitrogens is 7. The lowest BCUT2D eigenvalue weighted by Gasteiger charge is -2.27. The summed E-state index contributed by atoms with van der Waals surface area (Å²) in [6.45, 7) is 1.85. The Morgan fingerprint density at radius 1 is 1.26 bits per heavy atom. The molecule has 1 N–H and O–H groups in total. The molecule has 0 fully saturated rings. The van der Waals surface area contributed by atoms with Crippen LogP contribution in [0.4, 0.5) is 13.2 Å². The third-order valence-electron chi connectivity index (χ3n) is 4.41. The average molecular weight is 380 g/mol. The topological polar surface area (TPSA) is 97.5 Å². The van der Waals surface area contributed by atoms with Crippen LogP contribution in [0.1, 0.15) is 27.6 Å². The van der Waals surface area contributed by atoms with Gasteiger partial charge in [-0.05, 0) is 6.92 Å². The molecule has 0 atom stereocenters. The monoisotopic (exact) mass is 380 g/mol. The summed E-state index contributed by atoms with van der Waals surface area (Å²) < 4.78 is 43.3. The van der Waals surface area contributed by atoms with Gasteiger partial charge in [0.05, 0.1) is 12.9 Å². The first-order chi connectivity index (χ1) is 12.8. The zero-order chi connectivity index (χ0) is 19.3. The lowest BCUT2D eigenvalue weighted by molar-refractivity contribution is -0.138. The van der Waals surface area contributed by atoms with Crippen molar-refractivity contribution in [1.82, 2.24) is 39.4 Å². The molecule has 0 saturated heterocycles. The van der Waals surface area contributed by atoms with Crippen LogP contribution in [-0.2, 0) is 26.3 Å². The Kier molecular flexibility index (Phi) is 3.78. The van der Waals surface area contributed by atoms with Crippen molar-refractivity contribution >= 4 is 5.91 Å². The minimum Gasteiger partial charge on any atom is -0.340 e. The van der Waals surface area contributed by atoms with Gasteiger partial charge < -0.3 is 14.0 Å². The van der Waals surface area contributed by atoms with Gasteiger partial charge in [-0.3, -0.25) is 9.89 Å². The maximum absolute atomic E-state index is 13.2. The van der Waals surface area contributed by atoms with Crippen molar-refractivity contribution in [2.24, 2.45) is 7.05 Å². The average Bonchev–Trinajstić information content (AvgIpc) is 3.30. The molecule has 0 bridgehead atoms. The van der Waals surface area contributed by atoms with Crippen LogP contribution >= 0.6 is 0 Å².